The van der Waals surface area contributed by atoms with E-state index in [4.69, 9.17) is 0 Å². The van der Waals surface area contributed by atoms with E-state index in [1.165, 1.54) is 4.90 Å². The molecule has 2 aromatic rings. The number of H-pyrrole nitrogens is 1. The maximum Gasteiger partial charge on any atom is 0.325 e. The molecule has 2 heterocycles. The Morgan fingerprint density at radius 2 is 2.03 bits per heavy atom. The highest BCUT2D eigenvalue weighted by Gasteiger charge is 2.55. The van der Waals surface area contributed by atoms with Gasteiger partial charge in [-0.3, -0.25) is 19.3 Å². The Balaban J connectivity index is 1.50. The molecule has 1 aromatic carbocycles. The van der Waals surface area contributed by atoms with Crippen molar-refractivity contribution in [3.8, 4) is 0 Å². The fourth-order valence-corrected chi connectivity index (χ4v) is 4.64. The van der Waals surface area contributed by atoms with Crippen LogP contribution >= 0.6 is 0 Å². The quantitative estimate of drug-likeness (QED) is 0.709. The molecule has 1 spiro atoms. The second-order valence-corrected chi connectivity index (χ2v) is 8.38. The molecule has 164 valence electrons. The van der Waals surface area contributed by atoms with E-state index in [9.17, 15) is 19.2 Å². The minimum atomic E-state index is -0.891. The molecule has 1 aliphatic carbocycles. The summed E-state index contributed by atoms with van der Waals surface area (Å²) in [5, 5.41) is 3.34. The molecule has 4 rings (SSSR count). The van der Waals surface area contributed by atoms with Crippen molar-refractivity contribution in [3.63, 3.8) is 0 Å². The monoisotopic (exact) mass is 425 g/mol. The van der Waals surface area contributed by atoms with E-state index in [0.29, 0.717) is 29.7 Å². The number of benzene rings is 1. The van der Waals surface area contributed by atoms with Crippen LogP contribution < -0.4 is 10.9 Å². The highest BCUT2D eigenvalue weighted by molar-refractivity contribution is 6.09. The largest absolute Gasteiger partial charge is 0.334 e. The number of para-hydroxylation sites is 1. The smallest absolute Gasteiger partial charge is 0.325 e. The highest BCUT2D eigenvalue weighted by Crippen LogP contribution is 2.38. The average molecular weight is 425 g/mol. The van der Waals surface area contributed by atoms with E-state index >= 15 is 0 Å². The topological polar surface area (TPSA) is 115 Å². The van der Waals surface area contributed by atoms with Gasteiger partial charge in [0.15, 0.2) is 0 Å². The Morgan fingerprint density at radius 3 is 2.77 bits per heavy atom. The molecule has 0 bridgehead atoms. The third-order valence-corrected chi connectivity index (χ3v) is 6.53. The van der Waals surface area contributed by atoms with E-state index < -0.39 is 11.6 Å². The summed E-state index contributed by atoms with van der Waals surface area (Å²) in [4.78, 5) is 60.6. The Bertz CT molecular complexity index is 1100. The number of aromatic amines is 1. The van der Waals surface area contributed by atoms with Gasteiger partial charge in [0.05, 0.1) is 17.4 Å². The van der Waals surface area contributed by atoms with E-state index in [0.717, 1.165) is 24.2 Å². The lowest BCUT2D eigenvalue weighted by atomic mass is 9.73. The predicted molar refractivity (Wildman–Crippen MR) is 114 cm³/mol. The maximum atomic E-state index is 13.1. The first-order valence-corrected chi connectivity index (χ1v) is 10.8. The van der Waals surface area contributed by atoms with Crippen LogP contribution in [0.15, 0.2) is 29.1 Å². The summed E-state index contributed by atoms with van der Waals surface area (Å²) < 4.78 is 0. The molecule has 4 amide bonds. The number of carbonyl (C=O) groups is 3. The second kappa shape index (κ2) is 8.13. The highest BCUT2D eigenvalue weighted by atomic mass is 16.2. The number of hydrogen-bond donors (Lipinski definition) is 2. The van der Waals surface area contributed by atoms with Gasteiger partial charge in [-0.2, -0.15) is 0 Å². The molecule has 2 atom stereocenters. The molecule has 1 aromatic heterocycles. The van der Waals surface area contributed by atoms with Gasteiger partial charge in [0.25, 0.3) is 11.5 Å². The van der Waals surface area contributed by atoms with Gasteiger partial charge in [-0.15, -0.1) is 0 Å². The zero-order valence-electron chi connectivity index (χ0n) is 17.8. The summed E-state index contributed by atoms with van der Waals surface area (Å²) in [6, 6.07) is 6.47. The van der Waals surface area contributed by atoms with Crippen molar-refractivity contribution < 1.29 is 14.4 Å². The van der Waals surface area contributed by atoms with Crippen LogP contribution in [-0.4, -0.2) is 56.2 Å². The van der Waals surface area contributed by atoms with E-state index in [-0.39, 0.29) is 36.4 Å². The first kappa shape index (κ1) is 21.0. The SMILES string of the molecule is CCN(Cc1nc2ccccc2c(=O)[nH]1)C(=O)CN1C(=O)N[C@@]2(CCCC[C@H]2C)C1=O. The van der Waals surface area contributed by atoms with Gasteiger partial charge < -0.3 is 15.2 Å². The molecule has 9 nitrogen and oxygen atoms in total. The molecule has 2 N–H and O–H groups in total. The molecule has 0 unspecified atom stereocenters. The molecular formula is C22H27N5O4. The van der Waals surface area contributed by atoms with Gasteiger partial charge in [-0.25, -0.2) is 9.78 Å². The van der Waals surface area contributed by atoms with Crippen LogP contribution in [0.25, 0.3) is 10.9 Å². The minimum absolute atomic E-state index is 0.0342. The maximum absolute atomic E-state index is 13.1. The summed E-state index contributed by atoms with van der Waals surface area (Å²) >= 11 is 0. The molecular weight excluding hydrogens is 398 g/mol. The summed E-state index contributed by atoms with van der Waals surface area (Å²) in [7, 11) is 0. The summed E-state index contributed by atoms with van der Waals surface area (Å²) in [5.74, 6) is -0.297. The molecule has 0 radical (unpaired) electrons. The van der Waals surface area contributed by atoms with Crippen molar-refractivity contribution in [1.82, 2.24) is 25.1 Å². The molecule has 1 saturated heterocycles. The van der Waals surface area contributed by atoms with Crippen molar-refractivity contribution >= 4 is 28.7 Å². The van der Waals surface area contributed by atoms with Crippen molar-refractivity contribution in [2.24, 2.45) is 5.92 Å². The van der Waals surface area contributed by atoms with Crippen LogP contribution in [0.1, 0.15) is 45.4 Å². The van der Waals surface area contributed by atoms with Gasteiger partial charge in [0.1, 0.15) is 17.9 Å². The Hall–Kier alpha value is -3.23. The Morgan fingerprint density at radius 1 is 1.26 bits per heavy atom. The lowest BCUT2D eigenvalue weighted by molar-refractivity contribution is -0.140. The van der Waals surface area contributed by atoms with Crippen LogP contribution in [-0.2, 0) is 16.1 Å². The molecule has 2 aliphatic rings. The minimum Gasteiger partial charge on any atom is -0.334 e. The summed E-state index contributed by atoms with van der Waals surface area (Å²) in [6.07, 6.45) is 3.38. The Kier molecular flexibility index (Phi) is 5.51. The van der Waals surface area contributed by atoms with E-state index in [1.54, 1.807) is 31.2 Å². The van der Waals surface area contributed by atoms with Crippen molar-refractivity contribution in [3.05, 3.63) is 40.4 Å². The molecule has 1 saturated carbocycles. The zero-order valence-corrected chi connectivity index (χ0v) is 17.8. The number of nitrogens with zero attached hydrogens (tertiary/aromatic N) is 3. The van der Waals surface area contributed by atoms with E-state index in [1.807, 2.05) is 6.92 Å². The molecule has 1 aliphatic heterocycles. The fourth-order valence-electron chi connectivity index (χ4n) is 4.64. The van der Waals surface area contributed by atoms with Crippen molar-refractivity contribution in [1.29, 1.82) is 0 Å². The number of hydrogen-bond acceptors (Lipinski definition) is 5. The number of imide groups is 1. The standard InChI is InChI=1S/C22H27N5O4/c1-3-26(12-17-23-16-10-5-4-9-15(16)19(29)24-17)18(28)13-27-20(30)22(25-21(27)31)11-7-6-8-14(22)2/h4-5,9-10,14H,3,6-8,11-13H2,1-2H3,(H,25,31)(H,23,24,29)/t14-,22-/m1/s1. The third-order valence-electron chi connectivity index (χ3n) is 6.53. The van der Waals surface area contributed by atoms with Gasteiger partial charge in [0, 0.05) is 6.54 Å². The normalized spacial score (nSPS) is 23.4. The molecule has 2 fully saturated rings. The first-order valence-electron chi connectivity index (χ1n) is 10.8. The third kappa shape index (κ3) is 3.68. The number of urea groups is 1. The fraction of sp³-hybridized carbons (Fsp3) is 0.500. The predicted octanol–water partition coefficient (Wildman–Crippen LogP) is 1.77. The number of fused-ring (bicyclic) bond motifs is 1. The van der Waals surface area contributed by atoms with Gasteiger partial charge in [-0.05, 0) is 37.8 Å². The number of amides is 4. The van der Waals surface area contributed by atoms with Crippen LogP contribution in [0.4, 0.5) is 4.79 Å². The van der Waals surface area contributed by atoms with Gasteiger partial charge >= 0.3 is 6.03 Å². The second-order valence-electron chi connectivity index (χ2n) is 8.38. The van der Waals surface area contributed by atoms with Gasteiger partial charge in [0.2, 0.25) is 5.91 Å². The van der Waals surface area contributed by atoms with E-state index in [2.05, 4.69) is 15.3 Å². The number of nitrogens with one attached hydrogen (secondary N) is 2. The lowest BCUT2D eigenvalue weighted by Crippen LogP contribution is -2.54. The lowest BCUT2D eigenvalue weighted by Gasteiger charge is -2.36. The van der Waals surface area contributed by atoms with Crippen LogP contribution in [0, 0.1) is 5.92 Å². The molecule has 9 heteroatoms. The first-order chi connectivity index (χ1) is 14.9. The number of carbonyl (C=O) groups excluding carboxylic acids is 3. The van der Waals surface area contributed by atoms with Gasteiger partial charge in [-0.1, -0.05) is 31.9 Å². The summed E-state index contributed by atoms with van der Waals surface area (Å²) in [5.41, 5.74) is -0.615. The average Bonchev–Trinajstić information content (AvgIpc) is 2.99. The number of likely N-dealkylation sites (N-methyl/N-ethyl adjacent to an activating group) is 1. The number of rotatable bonds is 5. The van der Waals surface area contributed by atoms with Crippen LogP contribution in [0.5, 0.6) is 0 Å². The van der Waals surface area contributed by atoms with Crippen molar-refractivity contribution in [2.45, 2.75) is 51.6 Å². The number of aromatic nitrogens is 2. The zero-order chi connectivity index (χ0) is 22.2. The summed E-state index contributed by atoms with van der Waals surface area (Å²) in [6.45, 7) is 3.88. The molecule has 31 heavy (non-hydrogen) atoms. The Labute approximate surface area is 179 Å². The van der Waals surface area contributed by atoms with Crippen molar-refractivity contribution in [2.75, 3.05) is 13.1 Å². The van der Waals surface area contributed by atoms with Crippen LogP contribution in [0.3, 0.4) is 0 Å². The van der Waals surface area contributed by atoms with Crippen LogP contribution in [0.2, 0.25) is 0 Å².